The smallest absolute Gasteiger partial charge is 0.143 e. The Kier molecular flexibility index (Phi) is 8.50. The van der Waals surface area contributed by atoms with Gasteiger partial charge in [-0.1, -0.05) is 200 Å². The minimum atomic E-state index is -0.500. The van der Waals surface area contributed by atoms with Crippen molar-refractivity contribution in [3.05, 3.63) is 277 Å². The molecule has 1 aliphatic carbocycles. The standard InChI is InChI=1S/C65H42N2O/c1-2-18-43(19-3-1)65(58-31-11-6-23-50(58)51-24-7-12-32-59(51)65)44-36-38-45(39-37-44)66(46-20-16-21-47(42-46)67-60-33-13-8-26-53(60)54-27-9-14-34-61(54)67)62-41-40-49(48-22-4-5-25-52(48)62)56-29-17-30-57-55-28-10-15-35-63(55)68-64(56)57/h1-42H. The minimum Gasteiger partial charge on any atom is -0.455 e. The van der Waals surface area contributed by atoms with E-state index in [1.165, 1.54) is 55.2 Å². The molecular formula is C65H42N2O. The van der Waals surface area contributed by atoms with Crippen LogP contribution in [0.1, 0.15) is 22.3 Å². The molecule has 3 heteroatoms. The molecule has 2 heterocycles. The number of nitrogens with zero attached hydrogens (tertiary/aromatic N) is 2. The zero-order valence-electron chi connectivity index (χ0n) is 37.1. The van der Waals surface area contributed by atoms with Crippen LogP contribution in [0, 0.1) is 0 Å². The quantitative estimate of drug-likeness (QED) is 0.159. The fourth-order valence-electron chi connectivity index (χ4n) is 11.6. The van der Waals surface area contributed by atoms with Crippen molar-refractivity contribution in [3.63, 3.8) is 0 Å². The predicted octanol–water partition coefficient (Wildman–Crippen LogP) is 17.3. The molecule has 0 bridgehead atoms. The van der Waals surface area contributed by atoms with Crippen LogP contribution in [-0.4, -0.2) is 4.57 Å². The molecule has 0 spiro atoms. The number of fused-ring (bicyclic) bond motifs is 10. The predicted molar refractivity (Wildman–Crippen MR) is 283 cm³/mol. The van der Waals surface area contributed by atoms with Gasteiger partial charge in [-0.25, -0.2) is 0 Å². The Labute approximate surface area is 394 Å². The molecule has 0 fully saturated rings. The summed E-state index contributed by atoms with van der Waals surface area (Å²) in [6.45, 7) is 0. The number of aromatic nitrogens is 1. The van der Waals surface area contributed by atoms with Crippen LogP contribution in [0.4, 0.5) is 17.1 Å². The molecule has 13 aromatic rings. The second-order valence-corrected chi connectivity index (χ2v) is 17.9. The van der Waals surface area contributed by atoms with Crippen LogP contribution in [0.25, 0.3) is 82.5 Å². The van der Waals surface area contributed by atoms with Crippen molar-refractivity contribution < 1.29 is 4.42 Å². The van der Waals surface area contributed by atoms with E-state index < -0.39 is 5.41 Å². The molecular weight excluding hydrogens is 825 g/mol. The van der Waals surface area contributed by atoms with E-state index in [-0.39, 0.29) is 0 Å². The molecule has 2 aromatic heterocycles. The Morgan fingerprint density at radius 3 is 1.60 bits per heavy atom. The highest BCUT2D eigenvalue weighted by molar-refractivity contribution is 6.14. The van der Waals surface area contributed by atoms with Crippen molar-refractivity contribution in [1.82, 2.24) is 4.57 Å². The van der Waals surface area contributed by atoms with Gasteiger partial charge in [0.2, 0.25) is 0 Å². The van der Waals surface area contributed by atoms with Crippen molar-refractivity contribution in [2.24, 2.45) is 0 Å². The highest BCUT2D eigenvalue weighted by Crippen LogP contribution is 2.56. The molecule has 0 atom stereocenters. The number of anilines is 3. The monoisotopic (exact) mass is 866 g/mol. The Bertz CT molecular complexity index is 4000. The number of furan rings is 1. The van der Waals surface area contributed by atoms with E-state index in [0.29, 0.717) is 0 Å². The summed E-state index contributed by atoms with van der Waals surface area (Å²) < 4.78 is 9.04. The van der Waals surface area contributed by atoms with Crippen molar-refractivity contribution in [2.75, 3.05) is 4.90 Å². The minimum absolute atomic E-state index is 0.500. The summed E-state index contributed by atoms with van der Waals surface area (Å²) in [5, 5.41) is 7.02. The van der Waals surface area contributed by atoms with Crippen molar-refractivity contribution in [2.45, 2.75) is 5.41 Å². The third kappa shape index (κ3) is 5.54. The normalized spacial score (nSPS) is 12.8. The second kappa shape index (κ2) is 15.1. The van der Waals surface area contributed by atoms with Gasteiger partial charge in [-0.2, -0.15) is 0 Å². The highest BCUT2D eigenvalue weighted by Gasteiger charge is 2.45. The van der Waals surface area contributed by atoms with Crippen LogP contribution in [0.5, 0.6) is 0 Å². The molecule has 3 nitrogen and oxygen atoms in total. The third-order valence-electron chi connectivity index (χ3n) is 14.5. The molecule has 68 heavy (non-hydrogen) atoms. The first-order chi connectivity index (χ1) is 33.8. The SMILES string of the molecule is c1ccc(C2(c3ccc(N(c4cccc(-n5c6ccccc6c6ccccc65)c4)c4ccc(-c5cccc6c5oc5ccccc56)c5ccccc45)cc3)c3ccccc3-c3ccccc32)cc1. The van der Waals surface area contributed by atoms with Crippen molar-refractivity contribution in [1.29, 1.82) is 0 Å². The Balaban J connectivity index is 0.997. The molecule has 0 amide bonds. The summed E-state index contributed by atoms with van der Waals surface area (Å²) in [5.74, 6) is 0. The second-order valence-electron chi connectivity index (χ2n) is 17.9. The fourth-order valence-corrected chi connectivity index (χ4v) is 11.6. The Hall–Kier alpha value is -8.92. The molecule has 0 unspecified atom stereocenters. The molecule has 318 valence electrons. The molecule has 11 aromatic carbocycles. The van der Waals surface area contributed by atoms with E-state index in [4.69, 9.17) is 4.42 Å². The summed E-state index contributed by atoms with van der Waals surface area (Å²) >= 11 is 0. The summed E-state index contributed by atoms with van der Waals surface area (Å²) in [6.07, 6.45) is 0. The number of para-hydroxylation sites is 4. The lowest BCUT2D eigenvalue weighted by atomic mass is 9.68. The molecule has 0 saturated carbocycles. The van der Waals surface area contributed by atoms with Gasteiger partial charge in [0, 0.05) is 49.6 Å². The molecule has 1 aliphatic rings. The first-order valence-corrected chi connectivity index (χ1v) is 23.4. The van der Waals surface area contributed by atoms with Crippen LogP contribution < -0.4 is 4.90 Å². The number of rotatable bonds is 7. The van der Waals surface area contributed by atoms with Gasteiger partial charge in [0.25, 0.3) is 0 Å². The Morgan fingerprint density at radius 2 is 0.882 bits per heavy atom. The zero-order valence-corrected chi connectivity index (χ0v) is 37.1. The maximum Gasteiger partial charge on any atom is 0.143 e. The van der Waals surface area contributed by atoms with Gasteiger partial charge in [0.05, 0.1) is 22.1 Å². The van der Waals surface area contributed by atoms with E-state index in [9.17, 15) is 0 Å². The summed E-state index contributed by atoms with van der Waals surface area (Å²) in [7, 11) is 0. The maximum absolute atomic E-state index is 6.64. The number of hydrogen-bond donors (Lipinski definition) is 0. The highest BCUT2D eigenvalue weighted by atomic mass is 16.3. The first kappa shape index (κ1) is 38.4. The van der Waals surface area contributed by atoms with Gasteiger partial charge < -0.3 is 13.9 Å². The third-order valence-corrected chi connectivity index (χ3v) is 14.5. The average Bonchev–Trinajstić information content (AvgIpc) is 4.06. The van der Waals surface area contributed by atoms with Crippen LogP contribution in [0.15, 0.2) is 259 Å². The first-order valence-electron chi connectivity index (χ1n) is 23.4. The Morgan fingerprint density at radius 1 is 0.338 bits per heavy atom. The van der Waals surface area contributed by atoms with E-state index in [0.717, 1.165) is 66.6 Å². The topological polar surface area (TPSA) is 21.3 Å². The lowest BCUT2D eigenvalue weighted by Crippen LogP contribution is -2.28. The lowest BCUT2D eigenvalue weighted by Gasteiger charge is -2.34. The van der Waals surface area contributed by atoms with Gasteiger partial charge in [0.1, 0.15) is 11.2 Å². The summed E-state index contributed by atoms with van der Waals surface area (Å²) in [5.41, 5.74) is 17.8. The summed E-state index contributed by atoms with van der Waals surface area (Å²) in [6, 6.07) is 93.1. The van der Waals surface area contributed by atoms with E-state index in [1.807, 2.05) is 6.07 Å². The molecule has 0 N–H and O–H groups in total. The average molecular weight is 867 g/mol. The largest absolute Gasteiger partial charge is 0.455 e. The zero-order chi connectivity index (χ0) is 44.8. The fraction of sp³-hybridized carbons (Fsp3) is 0.0154. The molecule has 0 saturated heterocycles. The number of benzene rings is 11. The van der Waals surface area contributed by atoms with Crippen molar-refractivity contribution in [3.8, 4) is 27.9 Å². The van der Waals surface area contributed by atoms with E-state index >= 15 is 0 Å². The van der Waals surface area contributed by atoms with Crippen LogP contribution in [0.3, 0.4) is 0 Å². The van der Waals surface area contributed by atoms with Crippen molar-refractivity contribution >= 4 is 71.6 Å². The molecule has 0 aliphatic heterocycles. The van der Waals surface area contributed by atoms with Crippen LogP contribution in [0.2, 0.25) is 0 Å². The van der Waals surface area contributed by atoms with Gasteiger partial charge in [-0.05, 0) is 98.9 Å². The maximum atomic E-state index is 6.64. The molecule has 14 rings (SSSR count). The molecule has 0 radical (unpaired) electrons. The van der Waals surface area contributed by atoms with Crippen LogP contribution >= 0.6 is 0 Å². The van der Waals surface area contributed by atoms with Gasteiger partial charge in [0.15, 0.2) is 0 Å². The van der Waals surface area contributed by atoms with E-state index in [2.05, 4.69) is 258 Å². The summed E-state index contributed by atoms with van der Waals surface area (Å²) in [4.78, 5) is 2.45. The van der Waals surface area contributed by atoms with Crippen LogP contribution in [-0.2, 0) is 5.41 Å². The number of hydrogen-bond acceptors (Lipinski definition) is 2. The van der Waals surface area contributed by atoms with E-state index in [1.54, 1.807) is 0 Å². The lowest BCUT2D eigenvalue weighted by molar-refractivity contribution is 0.670. The van der Waals surface area contributed by atoms with Gasteiger partial charge in [-0.3, -0.25) is 0 Å². The van der Waals surface area contributed by atoms with Gasteiger partial charge in [-0.15, -0.1) is 0 Å². The van der Waals surface area contributed by atoms with Gasteiger partial charge >= 0.3 is 0 Å².